The van der Waals surface area contributed by atoms with Gasteiger partial charge in [0.1, 0.15) is 5.82 Å². The van der Waals surface area contributed by atoms with Crippen molar-refractivity contribution in [1.29, 1.82) is 0 Å². The van der Waals surface area contributed by atoms with Gasteiger partial charge in [-0.25, -0.2) is 0 Å². The summed E-state index contributed by atoms with van der Waals surface area (Å²) in [6.45, 7) is 2.29. The van der Waals surface area contributed by atoms with E-state index in [1.165, 1.54) is 108 Å². The number of anilines is 2. The van der Waals surface area contributed by atoms with Crippen molar-refractivity contribution in [2.24, 2.45) is 0 Å². The predicted molar refractivity (Wildman–Crippen MR) is 129 cm³/mol. The molecule has 0 atom stereocenters. The van der Waals surface area contributed by atoms with Crippen LogP contribution in [0.15, 0.2) is 0 Å². The van der Waals surface area contributed by atoms with Crippen LogP contribution in [0.4, 0.5) is 11.9 Å². The van der Waals surface area contributed by atoms with Crippen LogP contribution in [0.3, 0.4) is 0 Å². The monoisotopic (exact) mass is 423 g/mol. The summed E-state index contributed by atoms with van der Waals surface area (Å²) >= 11 is 1.96. The number of hydrogen-bond acceptors (Lipinski definition) is 6. The fraction of sp³-hybridized carbons (Fsp3) is 0.870. The molecule has 0 fully saturated rings. The first-order valence-electron chi connectivity index (χ1n) is 12.1. The summed E-state index contributed by atoms with van der Waals surface area (Å²) in [7, 11) is 0. The van der Waals surface area contributed by atoms with Gasteiger partial charge in [0, 0.05) is 12.2 Å². The number of unbranched alkanes of at least 4 members (excludes halogenated alkanes) is 15. The highest BCUT2D eigenvalue weighted by atomic mass is 32.2. The Morgan fingerprint density at radius 2 is 0.966 bits per heavy atom. The molecule has 0 radical (unpaired) electrons. The van der Waals surface area contributed by atoms with Crippen molar-refractivity contribution >= 4 is 23.7 Å². The lowest BCUT2D eigenvalue weighted by atomic mass is 10.0. The van der Waals surface area contributed by atoms with Crippen molar-refractivity contribution < 1.29 is 0 Å². The highest BCUT2D eigenvalue weighted by molar-refractivity contribution is 7.99. The second kappa shape index (κ2) is 19.0. The van der Waals surface area contributed by atoms with E-state index in [4.69, 9.17) is 11.5 Å². The number of aromatic nitrogens is 3. The minimum atomic E-state index is 0.218. The first-order valence-corrected chi connectivity index (χ1v) is 13.2. The maximum atomic E-state index is 5.58. The Morgan fingerprint density at radius 3 is 1.41 bits per heavy atom. The summed E-state index contributed by atoms with van der Waals surface area (Å²) in [6, 6.07) is 0. The molecule has 1 rings (SSSR count). The van der Waals surface area contributed by atoms with Crippen molar-refractivity contribution in [3.63, 3.8) is 0 Å². The summed E-state index contributed by atoms with van der Waals surface area (Å²) in [6.07, 6.45) is 23.5. The predicted octanol–water partition coefficient (Wildman–Crippen LogP) is 6.57. The number of thioether (sulfide) groups is 1. The molecule has 29 heavy (non-hydrogen) atoms. The van der Waals surface area contributed by atoms with Gasteiger partial charge in [-0.3, -0.25) is 0 Å². The molecule has 1 heterocycles. The number of hydrogen-bond donors (Lipinski definition) is 2. The fourth-order valence-electron chi connectivity index (χ4n) is 3.59. The summed E-state index contributed by atoms with van der Waals surface area (Å²) < 4.78 is 0. The summed E-state index contributed by atoms with van der Waals surface area (Å²) in [4.78, 5) is 12.0. The van der Waals surface area contributed by atoms with Gasteiger partial charge in [-0.05, 0) is 12.2 Å². The van der Waals surface area contributed by atoms with E-state index < -0.39 is 0 Å². The van der Waals surface area contributed by atoms with Crippen LogP contribution in [-0.4, -0.2) is 26.5 Å². The van der Waals surface area contributed by atoms with Gasteiger partial charge in [-0.1, -0.05) is 103 Å². The zero-order valence-corrected chi connectivity index (χ0v) is 19.7. The molecule has 4 N–H and O–H groups in total. The Bertz CT molecular complexity index is 478. The van der Waals surface area contributed by atoms with E-state index >= 15 is 0 Å². The van der Waals surface area contributed by atoms with Crippen LogP contribution in [0.1, 0.15) is 115 Å². The average Bonchev–Trinajstić information content (AvgIpc) is 2.69. The van der Waals surface area contributed by atoms with Gasteiger partial charge in [0.25, 0.3) is 0 Å². The largest absolute Gasteiger partial charge is 0.368 e. The van der Waals surface area contributed by atoms with E-state index in [1.807, 2.05) is 11.8 Å². The van der Waals surface area contributed by atoms with Gasteiger partial charge in [0.15, 0.2) is 0 Å². The van der Waals surface area contributed by atoms with E-state index in [2.05, 4.69) is 21.9 Å². The van der Waals surface area contributed by atoms with Crippen molar-refractivity contribution in [2.45, 2.75) is 116 Å². The zero-order chi connectivity index (χ0) is 21.0. The molecule has 168 valence electrons. The number of nitrogen functional groups attached to an aromatic ring is 2. The molecule has 0 aliphatic carbocycles. The molecule has 0 amide bonds. The fourth-order valence-corrected chi connectivity index (χ4v) is 4.53. The molecule has 1 aromatic heterocycles. The number of rotatable bonds is 20. The van der Waals surface area contributed by atoms with E-state index in [0.29, 0.717) is 5.82 Å². The van der Waals surface area contributed by atoms with E-state index in [1.54, 1.807) is 0 Å². The standard InChI is InChI=1S/C23H45N5S/c1-2-3-4-5-6-7-8-9-10-11-12-13-14-15-16-17-19-29-20-18-21-26-22(24)28-23(25)27-21/h2-20H2,1H3,(H4,24,25,26,27,28). The molecule has 0 aliphatic rings. The van der Waals surface area contributed by atoms with Crippen molar-refractivity contribution in [3.8, 4) is 0 Å². The van der Waals surface area contributed by atoms with E-state index in [-0.39, 0.29) is 11.9 Å². The topological polar surface area (TPSA) is 90.7 Å². The van der Waals surface area contributed by atoms with Gasteiger partial charge in [0.2, 0.25) is 11.9 Å². The Kier molecular flexibility index (Phi) is 17.0. The number of aryl methyl sites for hydroxylation is 1. The van der Waals surface area contributed by atoms with Crippen LogP contribution < -0.4 is 11.5 Å². The molecule has 0 spiro atoms. The Labute approximate surface area is 183 Å². The maximum Gasteiger partial charge on any atom is 0.225 e. The molecular formula is C23H45N5S. The molecule has 6 heteroatoms. The number of nitrogens with zero attached hydrogens (tertiary/aromatic N) is 3. The molecule has 0 aromatic carbocycles. The minimum absolute atomic E-state index is 0.218. The summed E-state index contributed by atoms with van der Waals surface area (Å²) in [5.74, 6) is 3.37. The van der Waals surface area contributed by atoms with Crippen molar-refractivity contribution in [2.75, 3.05) is 23.0 Å². The third-order valence-corrected chi connectivity index (χ3v) is 6.40. The molecular weight excluding hydrogens is 378 g/mol. The van der Waals surface area contributed by atoms with Gasteiger partial charge in [0.05, 0.1) is 0 Å². The van der Waals surface area contributed by atoms with Gasteiger partial charge < -0.3 is 11.5 Å². The highest BCUT2D eigenvalue weighted by Crippen LogP contribution is 2.15. The summed E-state index contributed by atoms with van der Waals surface area (Å²) in [5, 5.41) is 0. The van der Waals surface area contributed by atoms with Crippen molar-refractivity contribution in [1.82, 2.24) is 15.0 Å². The lowest BCUT2D eigenvalue weighted by molar-refractivity contribution is 0.531. The number of nitrogens with two attached hydrogens (primary N) is 2. The SMILES string of the molecule is CCCCCCCCCCCCCCCCCCSCCc1nc(N)nc(N)n1. The average molecular weight is 424 g/mol. The van der Waals surface area contributed by atoms with E-state index in [9.17, 15) is 0 Å². The lowest BCUT2D eigenvalue weighted by Gasteiger charge is -2.04. The first kappa shape index (κ1) is 26.0. The third-order valence-electron chi connectivity index (χ3n) is 5.33. The Hall–Kier alpha value is -1.04. The molecule has 0 aliphatic heterocycles. The molecule has 0 saturated heterocycles. The molecule has 5 nitrogen and oxygen atoms in total. The lowest BCUT2D eigenvalue weighted by Crippen LogP contribution is -2.07. The Morgan fingerprint density at radius 1 is 0.552 bits per heavy atom. The second-order valence-corrected chi connectivity index (χ2v) is 9.36. The van der Waals surface area contributed by atoms with Gasteiger partial charge in [-0.2, -0.15) is 26.7 Å². The van der Waals surface area contributed by atoms with Crippen LogP contribution in [-0.2, 0) is 6.42 Å². The van der Waals surface area contributed by atoms with Gasteiger partial charge >= 0.3 is 0 Å². The third kappa shape index (κ3) is 16.4. The van der Waals surface area contributed by atoms with Crippen LogP contribution in [0.5, 0.6) is 0 Å². The van der Waals surface area contributed by atoms with E-state index in [0.717, 1.165) is 12.2 Å². The summed E-state index contributed by atoms with van der Waals surface area (Å²) in [5.41, 5.74) is 11.2. The quantitative estimate of drug-likeness (QED) is 0.230. The second-order valence-electron chi connectivity index (χ2n) is 8.13. The maximum absolute atomic E-state index is 5.58. The first-order chi connectivity index (χ1) is 14.2. The van der Waals surface area contributed by atoms with Crippen LogP contribution in [0.2, 0.25) is 0 Å². The highest BCUT2D eigenvalue weighted by Gasteiger charge is 2.02. The zero-order valence-electron chi connectivity index (χ0n) is 18.8. The van der Waals surface area contributed by atoms with Crippen LogP contribution >= 0.6 is 11.8 Å². The molecule has 0 unspecified atom stereocenters. The minimum Gasteiger partial charge on any atom is -0.368 e. The molecule has 0 bridgehead atoms. The molecule has 0 saturated carbocycles. The van der Waals surface area contributed by atoms with Crippen LogP contribution in [0.25, 0.3) is 0 Å². The van der Waals surface area contributed by atoms with Crippen LogP contribution in [0, 0.1) is 0 Å². The van der Waals surface area contributed by atoms with Crippen molar-refractivity contribution in [3.05, 3.63) is 5.82 Å². The molecule has 1 aromatic rings. The van der Waals surface area contributed by atoms with Gasteiger partial charge in [-0.15, -0.1) is 0 Å². The Balaban J connectivity index is 1.75. The smallest absolute Gasteiger partial charge is 0.225 e. The normalized spacial score (nSPS) is 11.2.